The zero-order valence-electron chi connectivity index (χ0n) is 14.0. The van der Waals surface area contributed by atoms with Gasteiger partial charge in [0.05, 0.1) is 13.7 Å². The minimum atomic E-state index is -0.962. The van der Waals surface area contributed by atoms with Crippen molar-refractivity contribution in [1.82, 2.24) is 0 Å². The molecule has 0 fully saturated rings. The van der Waals surface area contributed by atoms with Gasteiger partial charge in [0, 0.05) is 6.08 Å². The highest BCUT2D eigenvalue weighted by Gasteiger charge is 2.07. The van der Waals surface area contributed by atoms with Crippen LogP contribution in [-0.4, -0.2) is 24.8 Å². The van der Waals surface area contributed by atoms with Crippen molar-refractivity contribution >= 4 is 12.0 Å². The van der Waals surface area contributed by atoms with Crippen molar-refractivity contribution in [3.05, 3.63) is 54.1 Å². The summed E-state index contributed by atoms with van der Waals surface area (Å²) in [5.74, 6) is 0.461. The Hall–Kier alpha value is -2.75. The highest BCUT2D eigenvalue weighted by molar-refractivity contribution is 5.85. The summed E-state index contributed by atoms with van der Waals surface area (Å²) in [7, 11) is 1.62. The Balaban J connectivity index is 2.25. The lowest BCUT2D eigenvalue weighted by Gasteiger charge is -2.12. The van der Waals surface area contributed by atoms with Crippen LogP contribution in [0.5, 0.6) is 11.5 Å². The SMILES string of the molecule is CCCCOc1ccc(-c2cccc(/C=C/C(=O)O)c2)cc1OC. The number of hydrogen-bond acceptors (Lipinski definition) is 3. The van der Waals surface area contributed by atoms with Crippen molar-refractivity contribution in [2.24, 2.45) is 0 Å². The normalized spacial score (nSPS) is 10.8. The number of aliphatic carboxylic acids is 1. The molecule has 0 radical (unpaired) electrons. The molecule has 4 heteroatoms. The van der Waals surface area contributed by atoms with Crippen LogP contribution in [0.15, 0.2) is 48.5 Å². The molecule has 2 rings (SSSR count). The van der Waals surface area contributed by atoms with E-state index in [4.69, 9.17) is 14.6 Å². The van der Waals surface area contributed by atoms with Gasteiger partial charge in [-0.3, -0.25) is 0 Å². The van der Waals surface area contributed by atoms with Crippen LogP contribution in [0.4, 0.5) is 0 Å². The van der Waals surface area contributed by atoms with E-state index < -0.39 is 5.97 Å². The zero-order valence-corrected chi connectivity index (χ0v) is 14.0. The van der Waals surface area contributed by atoms with Crippen molar-refractivity contribution in [3.63, 3.8) is 0 Å². The number of carboxylic acids is 1. The number of carbonyl (C=O) groups is 1. The van der Waals surface area contributed by atoms with Gasteiger partial charge < -0.3 is 14.6 Å². The molecule has 0 aliphatic carbocycles. The summed E-state index contributed by atoms with van der Waals surface area (Å²) in [4.78, 5) is 10.6. The molecular formula is C20H22O4. The number of rotatable bonds is 8. The average Bonchev–Trinajstić information content (AvgIpc) is 2.60. The second-order valence-corrected chi connectivity index (χ2v) is 5.36. The molecule has 0 atom stereocenters. The first kappa shape index (κ1) is 17.6. The van der Waals surface area contributed by atoms with Crippen molar-refractivity contribution in [2.75, 3.05) is 13.7 Å². The summed E-state index contributed by atoms with van der Waals surface area (Å²) in [6.07, 6.45) is 4.79. The van der Waals surface area contributed by atoms with Crippen molar-refractivity contribution in [3.8, 4) is 22.6 Å². The van der Waals surface area contributed by atoms with Crippen molar-refractivity contribution in [2.45, 2.75) is 19.8 Å². The van der Waals surface area contributed by atoms with Crippen molar-refractivity contribution in [1.29, 1.82) is 0 Å². The second kappa shape index (κ2) is 8.77. The lowest BCUT2D eigenvalue weighted by atomic mass is 10.0. The van der Waals surface area contributed by atoms with E-state index in [1.165, 1.54) is 0 Å². The molecule has 0 aliphatic heterocycles. The van der Waals surface area contributed by atoms with E-state index in [9.17, 15) is 4.79 Å². The monoisotopic (exact) mass is 326 g/mol. The van der Waals surface area contributed by atoms with E-state index in [2.05, 4.69) is 6.92 Å². The third-order valence-electron chi connectivity index (χ3n) is 3.56. The maximum Gasteiger partial charge on any atom is 0.328 e. The van der Waals surface area contributed by atoms with E-state index in [0.717, 1.165) is 41.4 Å². The summed E-state index contributed by atoms with van der Waals surface area (Å²) in [6.45, 7) is 2.79. The number of carboxylic acid groups (broad SMARTS) is 1. The molecule has 0 spiro atoms. The fraction of sp³-hybridized carbons (Fsp3) is 0.250. The van der Waals surface area contributed by atoms with Gasteiger partial charge in [-0.15, -0.1) is 0 Å². The third-order valence-corrected chi connectivity index (χ3v) is 3.56. The summed E-state index contributed by atoms with van der Waals surface area (Å²) in [5.41, 5.74) is 2.80. The fourth-order valence-corrected chi connectivity index (χ4v) is 2.28. The van der Waals surface area contributed by atoms with Gasteiger partial charge in [0.2, 0.25) is 0 Å². The van der Waals surface area contributed by atoms with E-state index in [0.29, 0.717) is 12.4 Å². The number of unbranched alkanes of at least 4 members (excludes halogenated alkanes) is 1. The Bertz CT molecular complexity index is 719. The number of hydrogen-bond donors (Lipinski definition) is 1. The van der Waals surface area contributed by atoms with E-state index >= 15 is 0 Å². The molecule has 0 aliphatic rings. The maximum atomic E-state index is 10.6. The molecule has 0 unspecified atom stereocenters. The van der Waals surface area contributed by atoms with Gasteiger partial charge in [-0.2, -0.15) is 0 Å². The fourth-order valence-electron chi connectivity index (χ4n) is 2.28. The molecule has 0 aromatic heterocycles. The minimum Gasteiger partial charge on any atom is -0.493 e. The summed E-state index contributed by atoms with van der Waals surface area (Å²) < 4.78 is 11.2. The average molecular weight is 326 g/mol. The first-order valence-corrected chi connectivity index (χ1v) is 7.96. The largest absolute Gasteiger partial charge is 0.493 e. The van der Waals surface area contributed by atoms with Crippen LogP contribution in [0.1, 0.15) is 25.3 Å². The zero-order chi connectivity index (χ0) is 17.4. The predicted molar refractivity (Wildman–Crippen MR) is 95.5 cm³/mol. The topological polar surface area (TPSA) is 55.8 Å². The Morgan fingerprint density at radius 3 is 2.62 bits per heavy atom. The second-order valence-electron chi connectivity index (χ2n) is 5.36. The molecule has 0 amide bonds. The number of ether oxygens (including phenoxy) is 2. The molecule has 0 bridgehead atoms. The Morgan fingerprint density at radius 1 is 1.12 bits per heavy atom. The minimum absolute atomic E-state index is 0.668. The predicted octanol–water partition coefficient (Wildman–Crippen LogP) is 4.64. The Morgan fingerprint density at radius 2 is 1.92 bits per heavy atom. The molecule has 0 saturated carbocycles. The van der Waals surface area contributed by atoms with E-state index in [1.54, 1.807) is 13.2 Å². The molecule has 126 valence electrons. The van der Waals surface area contributed by atoms with Crippen molar-refractivity contribution < 1.29 is 19.4 Å². The van der Waals surface area contributed by atoms with Crippen LogP contribution in [-0.2, 0) is 4.79 Å². The number of benzene rings is 2. The van der Waals surface area contributed by atoms with Gasteiger partial charge in [-0.25, -0.2) is 4.79 Å². The Labute approximate surface area is 142 Å². The molecular weight excluding hydrogens is 304 g/mol. The molecule has 2 aromatic carbocycles. The van der Waals surface area contributed by atoms with Crippen LogP contribution in [0.25, 0.3) is 17.2 Å². The third kappa shape index (κ3) is 4.88. The van der Waals surface area contributed by atoms with E-state index in [1.807, 2.05) is 42.5 Å². The highest BCUT2D eigenvalue weighted by atomic mass is 16.5. The first-order valence-electron chi connectivity index (χ1n) is 7.96. The summed E-state index contributed by atoms with van der Waals surface area (Å²) in [6, 6.07) is 13.5. The van der Waals surface area contributed by atoms with Crippen LogP contribution < -0.4 is 9.47 Å². The quantitative estimate of drug-likeness (QED) is 0.567. The van der Waals surface area contributed by atoms with Crippen LogP contribution in [0.3, 0.4) is 0 Å². The number of methoxy groups -OCH3 is 1. The van der Waals surface area contributed by atoms with Gasteiger partial charge in [-0.05, 0) is 47.4 Å². The van der Waals surface area contributed by atoms with Crippen LogP contribution >= 0.6 is 0 Å². The molecule has 0 heterocycles. The smallest absolute Gasteiger partial charge is 0.328 e. The van der Waals surface area contributed by atoms with E-state index in [-0.39, 0.29) is 0 Å². The molecule has 24 heavy (non-hydrogen) atoms. The van der Waals surface area contributed by atoms with Gasteiger partial charge >= 0.3 is 5.97 Å². The van der Waals surface area contributed by atoms with Gasteiger partial charge in [0.15, 0.2) is 11.5 Å². The lowest BCUT2D eigenvalue weighted by Crippen LogP contribution is -1.98. The molecule has 0 saturated heterocycles. The van der Waals surface area contributed by atoms with Gasteiger partial charge in [-0.1, -0.05) is 37.6 Å². The maximum absolute atomic E-state index is 10.6. The summed E-state index contributed by atoms with van der Waals surface area (Å²) in [5, 5.41) is 8.73. The molecule has 2 aromatic rings. The first-order chi connectivity index (χ1) is 11.6. The standard InChI is InChI=1S/C20H22O4/c1-3-4-12-24-18-10-9-17(14-19(18)23-2)16-7-5-6-15(13-16)8-11-20(21)22/h5-11,13-14H,3-4,12H2,1-2H3,(H,21,22)/b11-8+. The van der Waals surface area contributed by atoms with Crippen LogP contribution in [0, 0.1) is 0 Å². The van der Waals surface area contributed by atoms with Gasteiger partial charge in [0.1, 0.15) is 0 Å². The lowest BCUT2D eigenvalue weighted by molar-refractivity contribution is -0.131. The highest BCUT2D eigenvalue weighted by Crippen LogP contribution is 2.33. The van der Waals surface area contributed by atoms with Gasteiger partial charge in [0.25, 0.3) is 0 Å². The summed E-state index contributed by atoms with van der Waals surface area (Å²) >= 11 is 0. The molecule has 4 nitrogen and oxygen atoms in total. The Kier molecular flexibility index (Phi) is 6.43. The van der Waals surface area contributed by atoms with Crippen LogP contribution in [0.2, 0.25) is 0 Å². The molecule has 1 N–H and O–H groups in total.